The summed E-state index contributed by atoms with van der Waals surface area (Å²) in [6.07, 6.45) is 1.21. The van der Waals surface area contributed by atoms with Crippen molar-refractivity contribution in [1.29, 1.82) is 0 Å². The topological polar surface area (TPSA) is 34.1 Å². The Kier molecular flexibility index (Phi) is 2.41. The third kappa shape index (κ3) is 3.29. The lowest BCUT2D eigenvalue weighted by atomic mass is 10.3. The molecule has 0 bridgehead atoms. The van der Waals surface area contributed by atoms with Crippen LogP contribution in [0.5, 0.6) is 0 Å². The molecule has 0 atom stereocenters. The van der Waals surface area contributed by atoms with Crippen LogP contribution >= 0.6 is 11.3 Å². The lowest BCUT2D eigenvalue weighted by Gasteiger charge is -1.80. The molecule has 0 fully saturated rings. The monoisotopic (exact) mass is 192 g/mol. The van der Waals surface area contributed by atoms with Crippen LogP contribution in [0.25, 0.3) is 6.08 Å². The van der Waals surface area contributed by atoms with Gasteiger partial charge in [0.2, 0.25) is 0 Å². The van der Waals surface area contributed by atoms with E-state index in [2.05, 4.69) is 0 Å². The number of halogens is 1. The summed E-state index contributed by atoms with van der Waals surface area (Å²) in [5, 5.41) is 4.04. The molecule has 0 radical (unpaired) electrons. The van der Waals surface area contributed by atoms with Crippen LogP contribution in [0.4, 0.5) is 3.89 Å². The Morgan fingerprint density at radius 1 is 1.55 bits per heavy atom. The molecular formula is C6H5FO2S2. The van der Waals surface area contributed by atoms with E-state index in [0.29, 0.717) is 11.0 Å². The van der Waals surface area contributed by atoms with Gasteiger partial charge in [-0.25, -0.2) is 0 Å². The van der Waals surface area contributed by atoms with Crippen molar-refractivity contribution >= 4 is 27.6 Å². The molecule has 1 heterocycles. The Morgan fingerprint density at radius 3 is 2.73 bits per heavy atom. The summed E-state index contributed by atoms with van der Waals surface area (Å²) >= 11 is 1.42. The molecule has 1 rings (SSSR count). The van der Waals surface area contributed by atoms with Crippen LogP contribution in [-0.4, -0.2) is 8.42 Å². The Hall–Kier alpha value is -0.680. The maximum atomic E-state index is 11.9. The van der Waals surface area contributed by atoms with Gasteiger partial charge in [0.15, 0.2) is 0 Å². The van der Waals surface area contributed by atoms with Crippen molar-refractivity contribution in [3.63, 3.8) is 0 Å². The van der Waals surface area contributed by atoms with Gasteiger partial charge in [0.25, 0.3) is 0 Å². The molecule has 0 amide bonds. The van der Waals surface area contributed by atoms with Gasteiger partial charge in [-0.05, 0) is 28.5 Å². The van der Waals surface area contributed by atoms with Gasteiger partial charge in [-0.3, -0.25) is 0 Å². The summed E-state index contributed by atoms with van der Waals surface area (Å²) in [5.74, 6) is 0. The van der Waals surface area contributed by atoms with Crippen LogP contribution < -0.4 is 0 Å². The van der Waals surface area contributed by atoms with E-state index in [4.69, 9.17) is 0 Å². The highest BCUT2D eigenvalue weighted by Crippen LogP contribution is 2.08. The van der Waals surface area contributed by atoms with Crippen LogP contribution in [-0.2, 0) is 10.2 Å². The Bertz CT molecular complexity index is 337. The van der Waals surface area contributed by atoms with E-state index in [0.717, 1.165) is 0 Å². The molecule has 5 heteroatoms. The molecule has 0 unspecified atom stereocenters. The molecule has 2 nitrogen and oxygen atoms in total. The second kappa shape index (κ2) is 3.15. The number of hydrogen-bond donors (Lipinski definition) is 0. The Labute approximate surface area is 68.2 Å². The largest absolute Gasteiger partial charge is 0.325 e. The highest BCUT2D eigenvalue weighted by molar-refractivity contribution is 7.89. The summed E-state index contributed by atoms with van der Waals surface area (Å²) in [6, 6.07) is 1.70. The predicted octanol–water partition coefficient (Wildman–Crippen LogP) is 2.02. The summed E-state index contributed by atoms with van der Waals surface area (Å²) in [7, 11) is -4.48. The van der Waals surface area contributed by atoms with Crippen LogP contribution in [0.1, 0.15) is 5.56 Å². The predicted molar refractivity (Wildman–Crippen MR) is 43.4 cm³/mol. The van der Waals surface area contributed by atoms with Crippen molar-refractivity contribution in [3.05, 3.63) is 27.8 Å². The van der Waals surface area contributed by atoms with Crippen molar-refractivity contribution in [1.82, 2.24) is 0 Å². The third-order valence-electron chi connectivity index (χ3n) is 0.966. The fraction of sp³-hybridized carbons (Fsp3) is 0. The first-order valence-corrected chi connectivity index (χ1v) is 5.12. The molecule has 0 aliphatic heterocycles. The molecule has 1 aromatic rings. The van der Waals surface area contributed by atoms with Gasteiger partial charge in [0, 0.05) is 0 Å². The second-order valence-electron chi connectivity index (χ2n) is 1.83. The smallest absolute Gasteiger partial charge is 0.190 e. The minimum Gasteiger partial charge on any atom is -0.190 e. The summed E-state index contributed by atoms with van der Waals surface area (Å²) in [4.78, 5) is 0. The van der Waals surface area contributed by atoms with Crippen molar-refractivity contribution in [2.45, 2.75) is 0 Å². The zero-order chi connectivity index (χ0) is 8.32. The molecular weight excluding hydrogens is 187 g/mol. The van der Waals surface area contributed by atoms with E-state index < -0.39 is 10.2 Å². The minimum absolute atomic E-state index is 0.537. The standard InChI is InChI=1S/C6H5FO2S2/c7-11(8,9)4-2-6-1-3-10-5-6/h1-5H. The van der Waals surface area contributed by atoms with Crippen molar-refractivity contribution in [2.75, 3.05) is 0 Å². The fourth-order valence-corrected chi connectivity index (χ4v) is 1.48. The highest BCUT2D eigenvalue weighted by Gasteiger charge is 1.97. The van der Waals surface area contributed by atoms with Crippen LogP contribution in [0.2, 0.25) is 0 Å². The lowest BCUT2D eigenvalue weighted by molar-refractivity contribution is 0.563. The van der Waals surface area contributed by atoms with Gasteiger partial charge in [0.05, 0.1) is 5.41 Å². The second-order valence-corrected chi connectivity index (χ2v) is 3.84. The zero-order valence-electron chi connectivity index (χ0n) is 5.40. The van der Waals surface area contributed by atoms with Gasteiger partial charge in [-0.15, -0.1) is 3.89 Å². The number of hydrogen-bond acceptors (Lipinski definition) is 3. The maximum Gasteiger partial charge on any atom is 0.325 e. The maximum absolute atomic E-state index is 11.9. The first-order chi connectivity index (χ1) is 5.08. The van der Waals surface area contributed by atoms with Crippen LogP contribution in [0.3, 0.4) is 0 Å². The average molecular weight is 192 g/mol. The average Bonchev–Trinajstić information content (AvgIpc) is 2.32. The van der Waals surface area contributed by atoms with Gasteiger partial charge in [-0.1, -0.05) is 0 Å². The van der Waals surface area contributed by atoms with Gasteiger partial charge in [-0.2, -0.15) is 19.8 Å². The number of rotatable bonds is 2. The molecule has 0 N–H and O–H groups in total. The molecule has 0 aliphatic carbocycles. The minimum atomic E-state index is -4.48. The van der Waals surface area contributed by atoms with E-state index in [1.807, 2.05) is 0 Å². The molecule has 0 saturated carbocycles. The normalized spacial score (nSPS) is 12.5. The van der Waals surface area contributed by atoms with Gasteiger partial charge < -0.3 is 0 Å². The number of thiophene rings is 1. The zero-order valence-corrected chi connectivity index (χ0v) is 7.03. The first kappa shape index (κ1) is 8.42. The van der Waals surface area contributed by atoms with E-state index in [1.54, 1.807) is 16.8 Å². The quantitative estimate of drug-likeness (QED) is 0.672. The van der Waals surface area contributed by atoms with Gasteiger partial charge in [0.1, 0.15) is 0 Å². The Morgan fingerprint density at radius 2 is 2.27 bits per heavy atom. The van der Waals surface area contributed by atoms with E-state index in [-0.39, 0.29) is 0 Å². The Balaban J connectivity index is 2.79. The molecule has 60 valence electrons. The molecule has 0 spiro atoms. The molecule has 0 aliphatic rings. The van der Waals surface area contributed by atoms with Crippen molar-refractivity contribution in [3.8, 4) is 0 Å². The fourth-order valence-electron chi connectivity index (χ4n) is 0.530. The first-order valence-electron chi connectivity index (χ1n) is 2.73. The summed E-state index contributed by atoms with van der Waals surface area (Å²) in [5.41, 5.74) is 0.691. The van der Waals surface area contributed by atoms with Crippen molar-refractivity contribution < 1.29 is 12.3 Å². The van der Waals surface area contributed by atoms with E-state index in [9.17, 15) is 12.3 Å². The van der Waals surface area contributed by atoms with E-state index >= 15 is 0 Å². The molecule has 0 saturated heterocycles. The SMILES string of the molecule is O=S(=O)(F)C=Cc1ccsc1. The van der Waals surface area contributed by atoms with Crippen molar-refractivity contribution in [2.24, 2.45) is 0 Å². The van der Waals surface area contributed by atoms with Crippen LogP contribution in [0.15, 0.2) is 22.2 Å². The molecule has 11 heavy (non-hydrogen) atoms. The lowest BCUT2D eigenvalue weighted by Crippen LogP contribution is -1.79. The molecule has 0 aromatic carbocycles. The third-order valence-corrected chi connectivity index (χ3v) is 2.13. The molecule has 1 aromatic heterocycles. The summed E-state index contributed by atoms with van der Waals surface area (Å²) in [6.45, 7) is 0. The van der Waals surface area contributed by atoms with Gasteiger partial charge >= 0.3 is 10.2 Å². The van der Waals surface area contributed by atoms with E-state index in [1.165, 1.54) is 17.4 Å². The van der Waals surface area contributed by atoms with Crippen LogP contribution in [0, 0.1) is 0 Å². The summed E-state index contributed by atoms with van der Waals surface area (Å²) < 4.78 is 31.8. The highest BCUT2D eigenvalue weighted by atomic mass is 32.3.